The largest absolute Gasteiger partial charge is 0.489 e. The van der Waals surface area contributed by atoms with Crippen molar-refractivity contribution in [2.75, 3.05) is 0 Å². The molecule has 5 nitrogen and oxygen atoms in total. The topological polar surface area (TPSA) is 59.0 Å². The number of ether oxygens (including phenoxy) is 1. The molecule has 4 aliphatic carbocycles. The van der Waals surface area contributed by atoms with E-state index < -0.39 is 0 Å². The smallest absolute Gasteiger partial charge is 0.254 e. The summed E-state index contributed by atoms with van der Waals surface area (Å²) in [5.74, 6) is 1.50. The second kappa shape index (κ2) is 7.46. The Hall–Kier alpha value is -2.63. The summed E-state index contributed by atoms with van der Waals surface area (Å²) >= 11 is 12.1. The number of amides is 2. The van der Waals surface area contributed by atoms with Gasteiger partial charge in [-0.1, -0.05) is 41.4 Å². The van der Waals surface area contributed by atoms with Crippen LogP contribution in [-0.4, -0.2) is 23.0 Å². The maximum absolute atomic E-state index is 13.0. The standard InChI is InChI=1S/C25H20Cl2N2O3/c26-15-4-3-14(21(27)9-15)12-32-16-5-1-13(2-6-16)11-28-29-24(30)22-17-7-8-18(20-10-19(17)20)23(22)25(29)31/h1-9,11,17-20,22-23H,10,12H2/t17-,18-,19-,20+,22+,23+/m0/s1. The molecule has 2 aromatic rings. The van der Waals surface area contributed by atoms with Crippen LogP contribution in [0.15, 0.2) is 59.7 Å². The van der Waals surface area contributed by atoms with E-state index in [4.69, 9.17) is 27.9 Å². The minimum atomic E-state index is -0.228. The number of allylic oxidation sites excluding steroid dienone is 2. The molecule has 2 bridgehead atoms. The fourth-order valence-corrected chi connectivity index (χ4v) is 6.09. The van der Waals surface area contributed by atoms with E-state index in [-0.39, 0.29) is 35.5 Å². The number of rotatable bonds is 5. The molecule has 2 aromatic carbocycles. The Morgan fingerprint density at radius 3 is 2.25 bits per heavy atom. The quantitative estimate of drug-likeness (QED) is 0.355. The summed E-state index contributed by atoms with van der Waals surface area (Å²) in [6, 6.07) is 12.6. The van der Waals surface area contributed by atoms with Crippen LogP contribution in [0, 0.1) is 35.5 Å². The van der Waals surface area contributed by atoms with Crippen LogP contribution in [0.2, 0.25) is 10.0 Å². The van der Waals surface area contributed by atoms with Crippen molar-refractivity contribution < 1.29 is 14.3 Å². The maximum Gasteiger partial charge on any atom is 0.254 e. The highest BCUT2D eigenvalue weighted by Crippen LogP contribution is 2.65. The van der Waals surface area contributed by atoms with Gasteiger partial charge in [-0.05, 0) is 72.1 Å². The van der Waals surface area contributed by atoms with E-state index in [1.807, 2.05) is 30.3 Å². The van der Waals surface area contributed by atoms with Crippen molar-refractivity contribution in [3.05, 3.63) is 75.8 Å². The van der Waals surface area contributed by atoms with Crippen LogP contribution >= 0.6 is 23.2 Å². The Balaban J connectivity index is 1.12. The molecule has 3 fully saturated rings. The highest BCUT2D eigenvalue weighted by molar-refractivity contribution is 6.35. The van der Waals surface area contributed by atoms with Crippen molar-refractivity contribution in [2.45, 2.75) is 13.0 Å². The van der Waals surface area contributed by atoms with Gasteiger partial charge in [-0.15, -0.1) is 0 Å². The molecule has 7 rings (SSSR count). The number of carbonyl (C=O) groups is 2. The first-order valence-corrected chi connectivity index (χ1v) is 11.5. The van der Waals surface area contributed by atoms with Crippen LogP contribution in [0.3, 0.4) is 0 Å². The van der Waals surface area contributed by atoms with Gasteiger partial charge in [0.05, 0.1) is 18.1 Å². The minimum absolute atomic E-state index is 0.152. The van der Waals surface area contributed by atoms with E-state index in [1.165, 1.54) is 0 Å². The molecule has 0 spiro atoms. The van der Waals surface area contributed by atoms with Gasteiger partial charge in [0.25, 0.3) is 11.8 Å². The number of carbonyl (C=O) groups excluding carboxylic acids is 2. The molecule has 1 saturated heterocycles. The third-order valence-corrected chi connectivity index (χ3v) is 7.84. The van der Waals surface area contributed by atoms with Gasteiger partial charge in [0.1, 0.15) is 12.4 Å². The van der Waals surface area contributed by atoms with Crippen LogP contribution in [0.1, 0.15) is 17.5 Å². The van der Waals surface area contributed by atoms with Gasteiger partial charge < -0.3 is 4.74 Å². The van der Waals surface area contributed by atoms with Gasteiger partial charge >= 0.3 is 0 Å². The van der Waals surface area contributed by atoms with Crippen molar-refractivity contribution in [3.8, 4) is 5.75 Å². The summed E-state index contributed by atoms with van der Waals surface area (Å²) in [5.41, 5.74) is 1.62. The Bertz CT molecular complexity index is 1140. The zero-order valence-electron chi connectivity index (χ0n) is 17.0. The molecule has 2 amide bonds. The number of nitrogens with zero attached hydrogens (tertiary/aromatic N) is 2. The monoisotopic (exact) mass is 466 g/mol. The third-order valence-electron chi connectivity index (χ3n) is 7.25. The lowest BCUT2D eigenvalue weighted by molar-refractivity contribution is -0.140. The Morgan fingerprint density at radius 1 is 0.969 bits per heavy atom. The van der Waals surface area contributed by atoms with Gasteiger partial charge in [-0.2, -0.15) is 10.1 Å². The minimum Gasteiger partial charge on any atom is -0.489 e. The van der Waals surface area contributed by atoms with Crippen LogP contribution in [0.4, 0.5) is 0 Å². The fraction of sp³-hybridized carbons (Fsp3) is 0.320. The van der Waals surface area contributed by atoms with E-state index in [2.05, 4.69) is 17.3 Å². The first kappa shape index (κ1) is 20.0. The first-order chi connectivity index (χ1) is 15.5. The van der Waals surface area contributed by atoms with E-state index in [1.54, 1.807) is 18.3 Å². The van der Waals surface area contributed by atoms with Gasteiger partial charge in [0.2, 0.25) is 0 Å². The molecule has 7 heteroatoms. The van der Waals surface area contributed by atoms with Crippen molar-refractivity contribution in [2.24, 2.45) is 40.6 Å². The van der Waals surface area contributed by atoms with E-state index >= 15 is 0 Å². The van der Waals surface area contributed by atoms with Crippen LogP contribution in [-0.2, 0) is 16.2 Å². The van der Waals surface area contributed by atoms with Crippen LogP contribution in [0.25, 0.3) is 0 Å². The molecular weight excluding hydrogens is 447 g/mol. The number of hydrazone groups is 1. The molecular formula is C25H20Cl2N2O3. The summed E-state index contributed by atoms with van der Waals surface area (Å²) in [6.45, 7) is 0.321. The molecule has 0 radical (unpaired) electrons. The van der Waals surface area contributed by atoms with Crippen molar-refractivity contribution in [1.82, 2.24) is 5.01 Å². The summed E-state index contributed by atoms with van der Waals surface area (Å²) < 4.78 is 5.79. The molecule has 0 unspecified atom stereocenters. The van der Waals surface area contributed by atoms with Crippen LogP contribution < -0.4 is 4.74 Å². The predicted molar refractivity (Wildman–Crippen MR) is 121 cm³/mol. The molecule has 32 heavy (non-hydrogen) atoms. The van der Waals surface area contributed by atoms with Crippen molar-refractivity contribution in [1.29, 1.82) is 0 Å². The molecule has 162 valence electrons. The highest BCUT2D eigenvalue weighted by atomic mass is 35.5. The molecule has 0 aromatic heterocycles. The Morgan fingerprint density at radius 2 is 1.62 bits per heavy atom. The lowest BCUT2D eigenvalue weighted by Crippen LogP contribution is -2.40. The number of halogens is 2. The van der Waals surface area contributed by atoms with E-state index in [9.17, 15) is 9.59 Å². The Kier molecular flexibility index (Phi) is 4.67. The number of hydrogen-bond acceptors (Lipinski definition) is 4. The number of benzene rings is 2. The van der Waals surface area contributed by atoms with E-state index in [0.29, 0.717) is 34.2 Å². The third kappa shape index (κ3) is 3.18. The summed E-state index contributed by atoms with van der Waals surface area (Å²) in [7, 11) is 0. The van der Waals surface area contributed by atoms with Gasteiger partial charge in [0, 0.05) is 15.6 Å². The second-order valence-corrected chi connectivity index (χ2v) is 9.82. The van der Waals surface area contributed by atoms with Crippen molar-refractivity contribution in [3.63, 3.8) is 0 Å². The molecule has 2 saturated carbocycles. The van der Waals surface area contributed by atoms with Gasteiger partial charge in [-0.3, -0.25) is 9.59 Å². The zero-order valence-corrected chi connectivity index (χ0v) is 18.5. The van der Waals surface area contributed by atoms with Gasteiger partial charge in [0.15, 0.2) is 0 Å². The highest BCUT2D eigenvalue weighted by Gasteiger charge is 2.67. The number of hydrogen-bond donors (Lipinski definition) is 0. The number of imide groups is 1. The average Bonchev–Trinajstić information content (AvgIpc) is 3.57. The van der Waals surface area contributed by atoms with Crippen molar-refractivity contribution >= 4 is 41.2 Å². The molecule has 0 N–H and O–H groups in total. The summed E-state index contributed by atoms with van der Waals surface area (Å²) in [5, 5.41) is 6.51. The fourth-order valence-electron chi connectivity index (χ4n) is 5.63. The van der Waals surface area contributed by atoms with Crippen LogP contribution in [0.5, 0.6) is 5.75 Å². The lowest BCUT2D eigenvalue weighted by atomic mass is 9.63. The summed E-state index contributed by atoms with van der Waals surface area (Å²) in [4.78, 5) is 25.9. The average molecular weight is 467 g/mol. The molecule has 1 heterocycles. The SMILES string of the molecule is O=C1[C@@H]2[C@H]3C=C[C@@H]([C@@H]4C[C@H]34)[C@H]2C(=O)N1N=Cc1ccc(OCc2ccc(Cl)cc2Cl)cc1. The predicted octanol–water partition coefficient (Wildman–Crippen LogP) is 4.96. The maximum atomic E-state index is 13.0. The summed E-state index contributed by atoms with van der Waals surface area (Å²) in [6.07, 6.45) is 7.03. The second-order valence-electron chi connectivity index (χ2n) is 8.98. The molecule has 6 atom stereocenters. The van der Waals surface area contributed by atoms with E-state index in [0.717, 1.165) is 22.6 Å². The normalized spacial score (nSPS) is 31.9. The molecule has 5 aliphatic rings. The molecule has 1 aliphatic heterocycles. The first-order valence-electron chi connectivity index (χ1n) is 10.8. The zero-order chi connectivity index (χ0) is 22.0. The van der Waals surface area contributed by atoms with Gasteiger partial charge in [-0.25, -0.2) is 0 Å². The lowest BCUT2D eigenvalue weighted by Gasteiger charge is -2.37. The Labute approximate surface area is 195 Å².